The summed E-state index contributed by atoms with van der Waals surface area (Å²) in [5.41, 5.74) is 1.95. The van der Waals surface area contributed by atoms with Crippen LogP contribution in [0.5, 0.6) is 0 Å². The Morgan fingerprint density at radius 3 is 3.11 bits per heavy atom. The van der Waals surface area contributed by atoms with Crippen LogP contribution < -0.4 is 0 Å². The molecule has 4 rings (SSSR count). The first kappa shape index (κ1) is 18.0. The Kier molecular flexibility index (Phi) is 4.98. The van der Waals surface area contributed by atoms with Crippen molar-refractivity contribution in [1.29, 1.82) is 5.26 Å². The highest BCUT2D eigenvalue weighted by molar-refractivity contribution is 5.78. The monoisotopic (exact) mass is 378 g/mol. The molecule has 1 amide bonds. The van der Waals surface area contributed by atoms with Gasteiger partial charge in [-0.25, -0.2) is 18.9 Å². The third-order valence-corrected chi connectivity index (χ3v) is 5.07. The number of hydrogen-bond donors (Lipinski definition) is 0. The molecule has 1 aliphatic heterocycles. The van der Waals surface area contributed by atoms with Crippen LogP contribution >= 0.6 is 0 Å². The highest BCUT2D eigenvalue weighted by Gasteiger charge is 2.25. The first-order valence-corrected chi connectivity index (χ1v) is 9.24. The van der Waals surface area contributed by atoms with Gasteiger partial charge in [-0.2, -0.15) is 10.4 Å². The normalized spacial score (nSPS) is 16.9. The van der Waals surface area contributed by atoms with E-state index in [1.54, 1.807) is 15.6 Å². The highest BCUT2D eigenvalue weighted by atomic mass is 19.1. The van der Waals surface area contributed by atoms with Crippen LogP contribution in [0.1, 0.15) is 25.0 Å². The lowest BCUT2D eigenvalue weighted by atomic mass is 9.93. The van der Waals surface area contributed by atoms with E-state index in [1.807, 2.05) is 30.5 Å². The molecule has 142 valence electrons. The number of aromatic nitrogens is 4. The summed E-state index contributed by atoms with van der Waals surface area (Å²) in [6, 6.07) is 7.59. The lowest BCUT2D eigenvalue weighted by molar-refractivity contribution is -0.131. The standard InChI is InChI=1S/C20H19FN6O/c21-16-12-23-20(15-11-24-27-9-2-1-5-18(15)27)25-17(16)10-14-4-3-8-26(13-14)19(28)6-7-22/h1-2,5,9,11-12,14H,3-4,6,8,10,13H2/t14-/m0/s1. The molecule has 8 heteroatoms. The quantitative estimate of drug-likeness (QED) is 0.696. The second kappa shape index (κ2) is 7.72. The molecule has 4 heterocycles. The van der Waals surface area contributed by atoms with E-state index in [0.29, 0.717) is 31.0 Å². The number of hydrogen-bond acceptors (Lipinski definition) is 5. The summed E-state index contributed by atoms with van der Waals surface area (Å²) < 4.78 is 16.1. The zero-order valence-electron chi connectivity index (χ0n) is 15.3. The molecule has 1 atom stereocenters. The number of carbonyl (C=O) groups excluding carboxylic acids is 1. The third-order valence-electron chi connectivity index (χ3n) is 5.07. The predicted octanol–water partition coefficient (Wildman–Crippen LogP) is 2.63. The van der Waals surface area contributed by atoms with Gasteiger partial charge in [-0.1, -0.05) is 6.07 Å². The molecule has 0 N–H and O–H groups in total. The molecule has 1 aliphatic rings. The molecule has 0 unspecified atom stereocenters. The number of halogens is 1. The number of fused-ring (bicyclic) bond motifs is 1. The smallest absolute Gasteiger partial charge is 0.236 e. The Hall–Kier alpha value is -3.34. The van der Waals surface area contributed by atoms with E-state index in [9.17, 15) is 9.18 Å². The Bertz CT molecular complexity index is 1060. The van der Waals surface area contributed by atoms with Crippen molar-refractivity contribution in [2.75, 3.05) is 13.1 Å². The van der Waals surface area contributed by atoms with Gasteiger partial charge in [0.05, 0.1) is 35.2 Å². The average Bonchev–Trinajstić information content (AvgIpc) is 3.14. The van der Waals surface area contributed by atoms with Gasteiger partial charge in [-0.05, 0) is 37.3 Å². The summed E-state index contributed by atoms with van der Waals surface area (Å²) in [5, 5.41) is 13.0. The van der Waals surface area contributed by atoms with Crippen molar-refractivity contribution in [3.8, 4) is 17.5 Å². The summed E-state index contributed by atoms with van der Waals surface area (Å²) in [6.45, 7) is 1.17. The molecule has 28 heavy (non-hydrogen) atoms. The van der Waals surface area contributed by atoms with Crippen molar-refractivity contribution >= 4 is 11.4 Å². The van der Waals surface area contributed by atoms with Crippen LogP contribution in [0.3, 0.4) is 0 Å². The topological polar surface area (TPSA) is 87.2 Å². The van der Waals surface area contributed by atoms with Gasteiger partial charge in [-0.3, -0.25) is 4.79 Å². The van der Waals surface area contributed by atoms with Gasteiger partial charge >= 0.3 is 0 Å². The maximum Gasteiger partial charge on any atom is 0.236 e. The van der Waals surface area contributed by atoms with Crippen molar-refractivity contribution in [3.05, 3.63) is 48.3 Å². The Balaban J connectivity index is 1.56. The minimum absolute atomic E-state index is 0.109. The van der Waals surface area contributed by atoms with Gasteiger partial charge in [0.25, 0.3) is 0 Å². The van der Waals surface area contributed by atoms with Gasteiger partial charge < -0.3 is 4.90 Å². The lowest BCUT2D eigenvalue weighted by Crippen LogP contribution is -2.40. The Morgan fingerprint density at radius 2 is 2.25 bits per heavy atom. The molecule has 3 aromatic rings. The number of nitriles is 1. The fraction of sp³-hybridized carbons (Fsp3) is 0.350. The molecule has 7 nitrogen and oxygen atoms in total. The van der Waals surface area contributed by atoms with Crippen molar-refractivity contribution in [2.45, 2.75) is 25.7 Å². The SMILES string of the molecule is N#CCC(=O)N1CCC[C@@H](Cc2nc(-c3cnn4ccccc34)ncc2F)C1. The van der Waals surface area contributed by atoms with Crippen LogP contribution in [0.25, 0.3) is 16.9 Å². The van der Waals surface area contributed by atoms with E-state index in [-0.39, 0.29) is 18.2 Å². The van der Waals surface area contributed by atoms with Gasteiger partial charge in [-0.15, -0.1) is 0 Å². The summed E-state index contributed by atoms with van der Waals surface area (Å²) in [7, 11) is 0. The van der Waals surface area contributed by atoms with Crippen LogP contribution in [0.4, 0.5) is 4.39 Å². The molecule has 0 bridgehead atoms. The van der Waals surface area contributed by atoms with E-state index in [4.69, 9.17) is 5.26 Å². The first-order valence-electron chi connectivity index (χ1n) is 9.24. The Labute approximate surface area is 161 Å². The van der Waals surface area contributed by atoms with Crippen LogP contribution in [0.15, 0.2) is 36.8 Å². The van der Waals surface area contributed by atoms with E-state index in [1.165, 1.54) is 6.20 Å². The highest BCUT2D eigenvalue weighted by Crippen LogP contribution is 2.25. The maximum absolute atomic E-state index is 14.4. The van der Waals surface area contributed by atoms with Crippen molar-refractivity contribution < 1.29 is 9.18 Å². The van der Waals surface area contributed by atoms with Gasteiger partial charge in [0.15, 0.2) is 11.6 Å². The molecule has 3 aromatic heterocycles. The number of nitrogens with zero attached hydrogens (tertiary/aromatic N) is 6. The number of piperidine rings is 1. The van der Waals surface area contributed by atoms with Crippen molar-refractivity contribution in [2.24, 2.45) is 5.92 Å². The summed E-state index contributed by atoms with van der Waals surface area (Å²) in [5.74, 6) is -0.0635. The minimum atomic E-state index is -0.444. The molecule has 0 saturated carbocycles. The number of pyridine rings is 1. The largest absolute Gasteiger partial charge is 0.342 e. The average molecular weight is 378 g/mol. The molecule has 0 radical (unpaired) electrons. The molecule has 1 saturated heterocycles. The van der Waals surface area contributed by atoms with Gasteiger partial charge in [0, 0.05) is 19.3 Å². The number of amides is 1. The maximum atomic E-state index is 14.4. The summed E-state index contributed by atoms with van der Waals surface area (Å²) in [4.78, 5) is 22.3. The molecule has 1 fully saturated rings. The molecular weight excluding hydrogens is 359 g/mol. The van der Waals surface area contributed by atoms with Crippen molar-refractivity contribution in [1.82, 2.24) is 24.5 Å². The number of likely N-dealkylation sites (tertiary alicyclic amines) is 1. The zero-order valence-corrected chi connectivity index (χ0v) is 15.3. The van der Waals surface area contributed by atoms with Crippen LogP contribution in [-0.2, 0) is 11.2 Å². The van der Waals surface area contributed by atoms with Gasteiger partial charge in [0.2, 0.25) is 5.91 Å². The van der Waals surface area contributed by atoms with Crippen molar-refractivity contribution in [3.63, 3.8) is 0 Å². The third kappa shape index (κ3) is 3.56. The molecule has 0 aliphatic carbocycles. The number of rotatable bonds is 4. The zero-order chi connectivity index (χ0) is 19.5. The lowest BCUT2D eigenvalue weighted by Gasteiger charge is -2.32. The van der Waals surface area contributed by atoms with Crippen LogP contribution in [0, 0.1) is 23.1 Å². The fourth-order valence-corrected chi connectivity index (χ4v) is 3.69. The van der Waals surface area contributed by atoms with E-state index in [2.05, 4.69) is 15.1 Å². The van der Waals surface area contributed by atoms with Crippen LogP contribution in [0.2, 0.25) is 0 Å². The predicted molar refractivity (Wildman–Crippen MR) is 99.4 cm³/mol. The van der Waals surface area contributed by atoms with Crippen LogP contribution in [-0.4, -0.2) is 43.5 Å². The summed E-state index contributed by atoms with van der Waals surface area (Å²) in [6.07, 6.45) is 6.75. The summed E-state index contributed by atoms with van der Waals surface area (Å²) >= 11 is 0. The van der Waals surface area contributed by atoms with Gasteiger partial charge in [0.1, 0.15) is 6.42 Å². The molecule has 0 aromatic carbocycles. The second-order valence-electron chi connectivity index (χ2n) is 6.96. The molecule has 0 spiro atoms. The van der Waals surface area contributed by atoms with E-state index >= 15 is 0 Å². The fourth-order valence-electron chi connectivity index (χ4n) is 3.69. The Morgan fingerprint density at radius 1 is 1.36 bits per heavy atom. The van der Waals surface area contributed by atoms with E-state index in [0.717, 1.165) is 23.9 Å². The molecular formula is C20H19FN6O. The second-order valence-corrected chi connectivity index (χ2v) is 6.96. The number of carbonyl (C=O) groups is 1. The minimum Gasteiger partial charge on any atom is -0.342 e. The van der Waals surface area contributed by atoms with E-state index < -0.39 is 5.82 Å². The first-order chi connectivity index (χ1) is 13.7.